The van der Waals surface area contributed by atoms with Crippen LogP contribution in [0, 0.1) is 0 Å². The molecular weight excluding hydrogens is 348 g/mol. The van der Waals surface area contributed by atoms with Crippen LogP contribution in [0.3, 0.4) is 0 Å². The molecule has 144 valence electrons. The fraction of sp³-hybridized carbons (Fsp3) is 0.350. The number of nitrogens with one attached hydrogen (secondary N) is 1. The van der Waals surface area contributed by atoms with Gasteiger partial charge in [0, 0.05) is 12.6 Å². The average molecular weight is 372 g/mol. The molecular formula is C20H24N2O5. The molecule has 2 aromatic carbocycles. The van der Waals surface area contributed by atoms with Gasteiger partial charge in [-0.3, -0.25) is 9.59 Å². The molecule has 0 bridgehead atoms. The smallest absolute Gasteiger partial charge is 0.342 e. The second kappa shape index (κ2) is 9.02. The van der Waals surface area contributed by atoms with E-state index in [4.69, 9.17) is 4.74 Å². The number of carbonyl (C=O) groups excluding carboxylic acids is 3. The van der Waals surface area contributed by atoms with E-state index in [2.05, 4.69) is 5.32 Å². The van der Waals surface area contributed by atoms with Crippen molar-refractivity contribution in [1.82, 2.24) is 10.2 Å². The number of hydrogen-bond acceptors (Lipinski definition) is 5. The number of carbonyl (C=O) groups is 3. The van der Waals surface area contributed by atoms with E-state index in [-0.39, 0.29) is 29.8 Å². The third kappa shape index (κ3) is 5.44. The number of ether oxygens (including phenoxy) is 1. The van der Waals surface area contributed by atoms with Gasteiger partial charge in [0.15, 0.2) is 6.61 Å². The molecule has 0 saturated heterocycles. The average Bonchev–Trinajstić information content (AvgIpc) is 2.62. The summed E-state index contributed by atoms with van der Waals surface area (Å²) >= 11 is 0. The van der Waals surface area contributed by atoms with Crippen LogP contribution in [0.4, 0.5) is 0 Å². The number of nitrogens with zero attached hydrogens (tertiary/aromatic N) is 1. The van der Waals surface area contributed by atoms with Crippen LogP contribution in [-0.2, 0) is 14.3 Å². The Kier molecular flexibility index (Phi) is 6.76. The van der Waals surface area contributed by atoms with Gasteiger partial charge in [-0.05, 0) is 43.7 Å². The van der Waals surface area contributed by atoms with Gasteiger partial charge in [-0.15, -0.1) is 0 Å². The topological polar surface area (TPSA) is 95.9 Å². The van der Waals surface area contributed by atoms with E-state index in [1.807, 2.05) is 38.1 Å². The number of hydrogen-bond donors (Lipinski definition) is 2. The first kappa shape index (κ1) is 20.2. The highest BCUT2D eigenvalue weighted by atomic mass is 16.5. The second-order valence-corrected chi connectivity index (χ2v) is 6.42. The molecule has 0 atom stereocenters. The van der Waals surface area contributed by atoms with E-state index in [0.29, 0.717) is 6.54 Å². The highest BCUT2D eigenvalue weighted by molar-refractivity contribution is 5.99. The fourth-order valence-electron chi connectivity index (χ4n) is 2.61. The Morgan fingerprint density at radius 2 is 1.78 bits per heavy atom. The molecule has 0 fully saturated rings. The predicted molar refractivity (Wildman–Crippen MR) is 101 cm³/mol. The molecule has 0 spiro atoms. The fourth-order valence-corrected chi connectivity index (χ4v) is 2.61. The lowest BCUT2D eigenvalue weighted by Gasteiger charge is -2.21. The minimum atomic E-state index is -0.797. The zero-order chi connectivity index (χ0) is 20.0. The number of amides is 2. The molecule has 0 radical (unpaired) electrons. The zero-order valence-electron chi connectivity index (χ0n) is 15.7. The molecule has 0 aliphatic rings. The van der Waals surface area contributed by atoms with Crippen LogP contribution < -0.4 is 5.32 Å². The summed E-state index contributed by atoms with van der Waals surface area (Å²) in [5.74, 6) is -1.77. The standard InChI is InChI=1S/C20H24N2O5/c1-4-22(11-18(24)21-13(2)3)19(25)12-27-20(26)16-9-14-7-5-6-8-15(14)10-17(16)23/h5-10,13,23H,4,11-12H2,1-3H3,(H,21,24). The Balaban J connectivity index is 2.00. The molecule has 2 amide bonds. The number of fused-ring (bicyclic) bond motifs is 1. The lowest BCUT2D eigenvalue weighted by molar-refractivity contribution is -0.138. The maximum atomic E-state index is 12.3. The SMILES string of the molecule is CCN(CC(=O)NC(C)C)C(=O)COC(=O)c1cc2ccccc2cc1O. The summed E-state index contributed by atoms with van der Waals surface area (Å²) in [5.41, 5.74) is -0.0119. The lowest BCUT2D eigenvalue weighted by Crippen LogP contribution is -2.44. The third-order valence-electron chi connectivity index (χ3n) is 3.93. The molecule has 0 aliphatic carbocycles. The van der Waals surface area contributed by atoms with Crippen molar-refractivity contribution in [2.75, 3.05) is 19.7 Å². The number of phenols is 1. The molecule has 7 nitrogen and oxygen atoms in total. The summed E-state index contributed by atoms with van der Waals surface area (Å²) in [5, 5.41) is 14.3. The summed E-state index contributed by atoms with van der Waals surface area (Å²) in [6, 6.07) is 10.2. The van der Waals surface area contributed by atoms with E-state index in [1.165, 1.54) is 17.0 Å². The Morgan fingerprint density at radius 3 is 2.37 bits per heavy atom. The Hall–Kier alpha value is -3.09. The van der Waals surface area contributed by atoms with Crippen molar-refractivity contribution < 1.29 is 24.2 Å². The van der Waals surface area contributed by atoms with Crippen molar-refractivity contribution in [3.8, 4) is 5.75 Å². The quantitative estimate of drug-likeness (QED) is 0.726. The van der Waals surface area contributed by atoms with Gasteiger partial charge in [0.2, 0.25) is 5.91 Å². The zero-order valence-corrected chi connectivity index (χ0v) is 15.7. The van der Waals surface area contributed by atoms with Crippen molar-refractivity contribution in [3.05, 3.63) is 42.0 Å². The third-order valence-corrected chi connectivity index (χ3v) is 3.93. The summed E-state index contributed by atoms with van der Waals surface area (Å²) in [7, 11) is 0. The van der Waals surface area contributed by atoms with Crippen LogP contribution in [0.5, 0.6) is 5.75 Å². The van der Waals surface area contributed by atoms with Crippen LogP contribution >= 0.6 is 0 Å². The van der Waals surface area contributed by atoms with Gasteiger partial charge in [-0.25, -0.2) is 4.79 Å². The van der Waals surface area contributed by atoms with Gasteiger partial charge in [0.1, 0.15) is 11.3 Å². The Morgan fingerprint density at radius 1 is 1.15 bits per heavy atom. The Labute approximate surface area is 157 Å². The van der Waals surface area contributed by atoms with Crippen molar-refractivity contribution >= 4 is 28.6 Å². The monoisotopic (exact) mass is 372 g/mol. The molecule has 0 saturated carbocycles. The van der Waals surface area contributed by atoms with Crippen molar-refractivity contribution in [2.24, 2.45) is 0 Å². The number of esters is 1. The van der Waals surface area contributed by atoms with Gasteiger partial charge in [-0.1, -0.05) is 24.3 Å². The number of benzene rings is 2. The first-order chi connectivity index (χ1) is 12.8. The minimum absolute atomic E-state index is 0.0119. The van der Waals surface area contributed by atoms with Crippen LogP contribution in [0.15, 0.2) is 36.4 Å². The molecule has 2 N–H and O–H groups in total. The summed E-state index contributed by atoms with van der Waals surface area (Å²) in [4.78, 5) is 37.6. The maximum absolute atomic E-state index is 12.3. The molecule has 0 unspecified atom stereocenters. The normalized spacial score (nSPS) is 10.7. The molecule has 0 aromatic heterocycles. The first-order valence-electron chi connectivity index (χ1n) is 8.77. The molecule has 27 heavy (non-hydrogen) atoms. The summed E-state index contributed by atoms with van der Waals surface area (Å²) in [6.07, 6.45) is 0. The highest BCUT2D eigenvalue weighted by Crippen LogP contribution is 2.25. The van der Waals surface area contributed by atoms with Crippen molar-refractivity contribution in [1.29, 1.82) is 0 Å². The van der Waals surface area contributed by atoms with Gasteiger partial charge < -0.3 is 20.1 Å². The van der Waals surface area contributed by atoms with Gasteiger partial charge in [-0.2, -0.15) is 0 Å². The van der Waals surface area contributed by atoms with Crippen LogP contribution in [0.2, 0.25) is 0 Å². The van der Waals surface area contributed by atoms with E-state index < -0.39 is 18.5 Å². The predicted octanol–water partition coefficient (Wildman–Crippen LogP) is 2.08. The highest BCUT2D eigenvalue weighted by Gasteiger charge is 2.20. The number of phenolic OH excluding ortho intramolecular Hbond substituents is 1. The number of likely N-dealkylation sites (N-methyl/N-ethyl adjacent to an activating group) is 1. The van der Waals surface area contributed by atoms with E-state index >= 15 is 0 Å². The van der Waals surface area contributed by atoms with Gasteiger partial charge in [0.05, 0.1) is 6.54 Å². The molecule has 2 rings (SSSR count). The molecule has 0 aliphatic heterocycles. The van der Waals surface area contributed by atoms with Crippen molar-refractivity contribution in [2.45, 2.75) is 26.8 Å². The largest absolute Gasteiger partial charge is 0.507 e. The van der Waals surface area contributed by atoms with Gasteiger partial charge in [0.25, 0.3) is 5.91 Å². The van der Waals surface area contributed by atoms with E-state index in [9.17, 15) is 19.5 Å². The maximum Gasteiger partial charge on any atom is 0.342 e. The number of aromatic hydroxyl groups is 1. The Bertz CT molecular complexity index is 847. The molecule has 2 aromatic rings. The van der Waals surface area contributed by atoms with Crippen LogP contribution in [0.1, 0.15) is 31.1 Å². The first-order valence-corrected chi connectivity index (χ1v) is 8.77. The lowest BCUT2D eigenvalue weighted by atomic mass is 10.1. The van der Waals surface area contributed by atoms with Crippen molar-refractivity contribution in [3.63, 3.8) is 0 Å². The molecule has 7 heteroatoms. The number of rotatable bonds is 7. The molecule has 0 heterocycles. The van der Waals surface area contributed by atoms with Crippen LogP contribution in [-0.4, -0.2) is 53.5 Å². The second-order valence-electron chi connectivity index (χ2n) is 6.42. The minimum Gasteiger partial charge on any atom is -0.507 e. The van der Waals surface area contributed by atoms with E-state index in [0.717, 1.165) is 10.8 Å². The van der Waals surface area contributed by atoms with E-state index in [1.54, 1.807) is 6.92 Å². The van der Waals surface area contributed by atoms with Gasteiger partial charge >= 0.3 is 5.97 Å². The summed E-state index contributed by atoms with van der Waals surface area (Å²) in [6.45, 7) is 5.09. The summed E-state index contributed by atoms with van der Waals surface area (Å²) < 4.78 is 5.04. The van der Waals surface area contributed by atoms with Crippen LogP contribution in [0.25, 0.3) is 10.8 Å².